The first-order valence-corrected chi connectivity index (χ1v) is 11.5. The van der Waals surface area contributed by atoms with Crippen LogP contribution >= 0.6 is 0 Å². The molecule has 1 aliphatic rings. The Morgan fingerprint density at radius 2 is 1.50 bits per heavy atom. The normalized spacial score (nSPS) is 17.0. The fraction of sp³-hybridized carbons (Fsp3) is 0.720. The molecule has 1 aromatic heterocycles. The lowest BCUT2D eigenvalue weighted by Crippen LogP contribution is -2.21. The molecular weight excluding hydrogens is 346 g/mol. The number of pyridine rings is 1. The topological polar surface area (TPSA) is 42.2 Å². The number of nitrogens with zero attached hydrogens (tertiary/aromatic N) is 1. The highest BCUT2D eigenvalue weighted by Gasteiger charge is 2.13. The van der Waals surface area contributed by atoms with Gasteiger partial charge in [-0.2, -0.15) is 4.73 Å². The van der Waals surface area contributed by atoms with Crippen molar-refractivity contribution in [3.05, 3.63) is 44.4 Å². The van der Waals surface area contributed by atoms with E-state index in [0.29, 0.717) is 16.8 Å². The first kappa shape index (κ1) is 22.8. The van der Waals surface area contributed by atoms with E-state index >= 15 is 0 Å². The van der Waals surface area contributed by atoms with E-state index < -0.39 is 0 Å². The standard InChI is InChI=1S/C25H41NO2/c1-19-15-17-23(18-16-19)13-11-9-7-5-6-8-10-12-14-24-21(3)25(27)20(2)22(4)26(24)28/h17,19,28H,5-16,18H2,1-4H3. The smallest absolute Gasteiger partial charge is 0.188 e. The fourth-order valence-electron chi connectivity index (χ4n) is 4.34. The Morgan fingerprint density at radius 1 is 0.929 bits per heavy atom. The largest absolute Gasteiger partial charge is 0.428 e. The Kier molecular flexibility index (Phi) is 9.34. The number of allylic oxidation sites excluding steroid dienone is 2. The highest BCUT2D eigenvalue weighted by Crippen LogP contribution is 2.26. The molecule has 3 heteroatoms. The molecule has 0 spiro atoms. The zero-order valence-electron chi connectivity index (χ0n) is 18.6. The molecule has 2 rings (SSSR count). The number of hydrogen-bond donors (Lipinski definition) is 1. The van der Waals surface area contributed by atoms with Gasteiger partial charge in [-0.05, 0) is 71.6 Å². The van der Waals surface area contributed by atoms with E-state index in [1.807, 2.05) is 13.8 Å². The Hall–Kier alpha value is -1.51. The summed E-state index contributed by atoms with van der Waals surface area (Å²) in [4.78, 5) is 12.2. The zero-order valence-corrected chi connectivity index (χ0v) is 18.6. The molecule has 1 N–H and O–H groups in total. The van der Waals surface area contributed by atoms with Gasteiger partial charge in [0.15, 0.2) is 5.43 Å². The lowest BCUT2D eigenvalue weighted by molar-refractivity contribution is 0.165. The van der Waals surface area contributed by atoms with Crippen LogP contribution in [0.4, 0.5) is 0 Å². The molecular formula is C25H41NO2. The Bertz CT molecular complexity index is 714. The second-order valence-corrected chi connectivity index (χ2v) is 8.99. The predicted octanol–water partition coefficient (Wildman–Crippen LogP) is 6.81. The van der Waals surface area contributed by atoms with Crippen LogP contribution in [0.3, 0.4) is 0 Å². The molecule has 0 saturated carbocycles. The van der Waals surface area contributed by atoms with Crippen LogP contribution in [0, 0.1) is 26.7 Å². The molecule has 0 saturated heterocycles. The fourth-order valence-corrected chi connectivity index (χ4v) is 4.34. The summed E-state index contributed by atoms with van der Waals surface area (Å²) in [5, 5.41) is 10.3. The first-order chi connectivity index (χ1) is 13.4. The van der Waals surface area contributed by atoms with Crippen LogP contribution in [-0.2, 0) is 6.42 Å². The summed E-state index contributed by atoms with van der Waals surface area (Å²) in [6.45, 7) is 7.79. The van der Waals surface area contributed by atoms with Crippen LogP contribution in [0.1, 0.15) is 106 Å². The third-order valence-electron chi connectivity index (χ3n) is 6.66. The van der Waals surface area contributed by atoms with Gasteiger partial charge in [-0.25, -0.2) is 0 Å². The van der Waals surface area contributed by atoms with E-state index in [-0.39, 0.29) is 5.43 Å². The van der Waals surface area contributed by atoms with Crippen LogP contribution in [0.5, 0.6) is 0 Å². The van der Waals surface area contributed by atoms with Crippen molar-refractivity contribution in [3.8, 4) is 0 Å². The van der Waals surface area contributed by atoms with Gasteiger partial charge in [0.05, 0.1) is 11.4 Å². The summed E-state index contributed by atoms with van der Waals surface area (Å²) < 4.78 is 1.23. The van der Waals surface area contributed by atoms with Gasteiger partial charge in [0, 0.05) is 11.1 Å². The maximum Gasteiger partial charge on any atom is 0.188 e. The van der Waals surface area contributed by atoms with E-state index in [4.69, 9.17) is 0 Å². The van der Waals surface area contributed by atoms with E-state index in [2.05, 4.69) is 13.0 Å². The molecule has 28 heavy (non-hydrogen) atoms. The molecule has 0 aliphatic heterocycles. The van der Waals surface area contributed by atoms with E-state index in [1.165, 1.54) is 75.4 Å². The van der Waals surface area contributed by atoms with Gasteiger partial charge >= 0.3 is 0 Å². The van der Waals surface area contributed by atoms with Crippen molar-refractivity contribution in [2.75, 3.05) is 0 Å². The van der Waals surface area contributed by atoms with Crippen molar-refractivity contribution in [2.45, 2.75) is 111 Å². The predicted molar refractivity (Wildman–Crippen MR) is 118 cm³/mol. The molecule has 0 amide bonds. The lowest BCUT2D eigenvalue weighted by Gasteiger charge is -2.18. The average molecular weight is 388 g/mol. The van der Waals surface area contributed by atoms with Crippen LogP contribution in [-0.4, -0.2) is 9.94 Å². The highest BCUT2D eigenvalue weighted by molar-refractivity contribution is 5.29. The van der Waals surface area contributed by atoms with Crippen molar-refractivity contribution in [1.29, 1.82) is 0 Å². The van der Waals surface area contributed by atoms with Gasteiger partial charge in [-0.15, -0.1) is 0 Å². The van der Waals surface area contributed by atoms with Crippen molar-refractivity contribution in [2.24, 2.45) is 5.92 Å². The van der Waals surface area contributed by atoms with Crippen molar-refractivity contribution >= 4 is 0 Å². The minimum atomic E-state index is 0.0799. The molecule has 1 heterocycles. The minimum Gasteiger partial charge on any atom is -0.428 e. The van der Waals surface area contributed by atoms with Crippen LogP contribution in [0.25, 0.3) is 0 Å². The number of unbranched alkanes of at least 4 members (excludes halogenated alkanes) is 7. The summed E-state index contributed by atoms with van der Waals surface area (Å²) in [5.74, 6) is 0.896. The number of hydrogen-bond acceptors (Lipinski definition) is 2. The second-order valence-electron chi connectivity index (χ2n) is 8.99. The number of aromatic nitrogens is 1. The Morgan fingerprint density at radius 3 is 2.07 bits per heavy atom. The minimum absolute atomic E-state index is 0.0799. The molecule has 3 nitrogen and oxygen atoms in total. The van der Waals surface area contributed by atoms with Crippen LogP contribution < -0.4 is 5.43 Å². The van der Waals surface area contributed by atoms with Gasteiger partial charge in [0.2, 0.25) is 0 Å². The molecule has 1 aromatic rings. The van der Waals surface area contributed by atoms with E-state index in [0.717, 1.165) is 24.5 Å². The molecule has 0 aromatic carbocycles. The SMILES string of the molecule is Cc1c(C)n(O)c(CCCCCCCCCCC2=CCC(C)CC2)c(C)c1=O. The average Bonchev–Trinajstić information content (AvgIpc) is 2.70. The number of rotatable bonds is 11. The van der Waals surface area contributed by atoms with Crippen LogP contribution in [0.15, 0.2) is 16.4 Å². The van der Waals surface area contributed by atoms with Gasteiger partial charge < -0.3 is 5.21 Å². The molecule has 1 aliphatic carbocycles. The second kappa shape index (κ2) is 11.5. The quantitative estimate of drug-likeness (QED) is 0.257. The third kappa shape index (κ3) is 6.53. The van der Waals surface area contributed by atoms with E-state index in [9.17, 15) is 10.0 Å². The molecule has 0 radical (unpaired) electrons. The van der Waals surface area contributed by atoms with Crippen molar-refractivity contribution in [3.63, 3.8) is 0 Å². The van der Waals surface area contributed by atoms with Gasteiger partial charge in [-0.1, -0.05) is 57.1 Å². The summed E-state index contributed by atoms with van der Waals surface area (Å²) in [7, 11) is 0. The molecule has 0 fully saturated rings. The zero-order chi connectivity index (χ0) is 20.5. The first-order valence-electron chi connectivity index (χ1n) is 11.5. The maximum absolute atomic E-state index is 12.2. The van der Waals surface area contributed by atoms with Gasteiger partial charge in [0.1, 0.15) is 0 Å². The van der Waals surface area contributed by atoms with Gasteiger partial charge in [0.25, 0.3) is 0 Å². The Labute approximate surface area is 171 Å². The molecule has 158 valence electrons. The highest BCUT2D eigenvalue weighted by atomic mass is 16.5. The summed E-state index contributed by atoms with van der Waals surface area (Å²) in [6, 6.07) is 0. The van der Waals surface area contributed by atoms with Gasteiger partial charge in [-0.3, -0.25) is 4.79 Å². The van der Waals surface area contributed by atoms with Crippen molar-refractivity contribution in [1.82, 2.24) is 4.73 Å². The molecule has 1 unspecified atom stereocenters. The van der Waals surface area contributed by atoms with E-state index in [1.54, 1.807) is 12.5 Å². The third-order valence-corrected chi connectivity index (χ3v) is 6.66. The molecule has 0 bridgehead atoms. The Balaban J connectivity index is 1.54. The van der Waals surface area contributed by atoms with Crippen molar-refractivity contribution < 1.29 is 5.21 Å². The molecule has 1 atom stereocenters. The lowest BCUT2D eigenvalue weighted by atomic mass is 9.88. The summed E-state index contributed by atoms with van der Waals surface area (Å²) in [5.41, 5.74) is 4.60. The monoisotopic (exact) mass is 387 g/mol. The maximum atomic E-state index is 12.2. The summed E-state index contributed by atoms with van der Waals surface area (Å²) >= 11 is 0. The summed E-state index contributed by atoms with van der Waals surface area (Å²) in [6.07, 6.45) is 18.8. The van der Waals surface area contributed by atoms with Crippen LogP contribution in [0.2, 0.25) is 0 Å².